The summed E-state index contributed by atoms with van der Waals surface area (Å²) in [5, 5.41) is 9.77. The van der Waals surface area contributed by atoms with Crippen molar-refractivity contribution < 1.29 is 4.79 Å². The molecule has 3 rings (SSSR count). The van der Waals surface area contributed by atoms with Crippen LogP contribution >= 0.6 is 11.5 Å². The molecule has 18 heavy (non-hydrogen) atoms. The van der Waals surface area contributed by atoms with Crippen molar-refractivity contribution in [2.24, 2.45) is 5.92 Å². The van der Waals surface area contributed by atoms with Gasteiger partial charge in [0.1, 0.15) is 11.5 Å². The van der Waals surface area contributed by atoms with Crippen LogP contribution < -0.4 is 5.32 Å². The Kier molecular flexibility index (Phi) is 2.83. The number of anilines is 1. The van der Waals surface area contributed by atoms with Crippen LogP contribution in [0, 0.1) is 12.8 Å². The van der Waals surface area contributed by atoms with E-state index in [2.05, 4.69) is 24.9 Å². The topological polar surface area (TPSA) is 83.6 Å². The Morgan fingerprint density at radius 1 is 1.61 bits per heavy atom. The second-order valence-electron chi connectivity index (χ2n) is 4.55. The number of carbonyl (C=O) groups excluding carboxylic acids is 1. The first-order valence-electron chi connectivity index (χ1n) is 5.86. The summed E-state index contributed by atoms with van der Waals surface area (Å²) in [5.41, 5.74) is 1.28. The predicted molar refractivity (Wildman–Crippen MR) is 67.6 cm³/mol. The molecule has 2 aromatic heterocycles. The molecule has 0 aliphatic heterocycles. The van der Waals surface area contributed by atoms with Gasteiger partial charge in [-0.25, -0.2) is 4.98 Å². The Hall–Kier alpha value is -1.76. The third-order valence-electron chi connectivity index (χ3n) is 2.91. The first-order valence-corrected chi connectivity index (χ1v) is 6.63. The number of amides is 1. The van der Waals surface area contributed by atoms with E-state index >= 15 is 0 Å². The Bertz CT molecular complexity index is 572. The van der Waals surface area contributed by atoms with Gasteiger partial charge in [0.05, 0.1) is 6.20 Å². The largest absolute Gasteiger partial charge is 0.295 e. The number of aromatic amines is 1. The summed E-state index contributed by atoms with van der Waals surface area (Å²) in [5.74, 6) is 1.36. The smallest absolute Gasteiger partial charge is 0.275 e. The normalized spacial score (nSPS) is 14.7. The van der Waals surface area contributed by atoms with Gasteiger partial charge >= 0.3 is 0 Å². The van der Waals surface area contributed by atoms with Gasteiger partial charge in [-0.1, -0.05) is 0 Å². The van der Waals surface area contributed by atoms with Crippen LogP contribution in [-0.4, -0.2) is 25.5 Å². The summed E-state index contributed by atoms with van der Waals surface area (Å²) in [6.45, 7) is 1.83. The van der Waals surface area contributed by atoms with Gasteiger partial charge in [-0.3, -0.25) is 15.2 Å². The maximum absolute atomic E-state index is 11.9. The van der Waals surface area contributed by atoms with Crippen LogP contribution in [-0.2, 0) is 6.42 Å². The zero-order valence-corrected chi connectivity index (χ0v) is 10.8. The zero-order chi connectivity index (χ0) is 12.5. The van der Waals surface area contributed by atoms with Crippen molar-refractivity contribution >= 4 is 22.6 Å². The molecule has 1 saturated carbocycles. The zero-order valence-electron chi connectivity index (χ0n) is 9.93. The molecule has 94 valence electrons. The number of nitrogens with one attached hydrogen (secondary N) is 2. The Morgan fingerprint density at radius 2 is 2.44 bits per heavy atom. The van der Waals surface area contributed by atoms with Crippen LogP contribution in [0.2, 0.25) is 0 Å². The number of rotatable bonds is 4. The van der Waals surface area contributed by atoms with E-state index in [1.165, 1.54) is 24.4 Å². The molecule has 2 heterocycles. The Balaban J connectivity index is 1.66. The number of aryl methyl sites for hydroxylation is 1. The first-order chi connectivity index (χ1) is 8.72. The predicted octanol–water partition coefficient (Wildman–Crippen LogP) is 1.77. The highest BCUT2D eigenvalue weighted by Crippen LogP contribution is 2.32. The van der Waals surface area contributed by atoms with Crippen LogP contribution in [0.15, 0.2) is 6.20 Å². The molecule has 0 unspecified atom stereocenters. The lowest BCUT2D eigenvalue weighted by Crippen LogP contribution is -2.13. The average molecular weight is 263 g/mol. The van der Waals surface area contributed by atoms with Gasteiger partial charge in [0.15, 0.2) is 0 Å². The van der Waals surface area contributed by atoms with Crippen molar-refractivity contribution in [3.8, 4) is 0 Å². The maximum atomic E-state index is 11.9. The molecular weight excluding hydrogens is 250 g/mol. The van der Waals surface area contributed by atoms with E-state index in [1.807, 2.05) is 6.92 Å². The van der Waals surface area contributed by atoms with Crippen LogP contribution in [0.25, 0.3) is 0 Å². The van der Waals surface area contributed by atoms with Crippen molar-refractivity contribution in [2.45, 2.75) is 26.2 Å². The SMILES string of the molecule is Cc1cn[nH]c1C(=O)Nc1nc(CC2CC2)ns1. The molecule has 1 amide bonds. The minimum Gasteiger partial charge on any atom is -0.295 e. The summed E-state index contributed by atoms with van der Waals surface area (Å²) in [6.07, 6.45) is 5.09. The molecular formula is C11H13N5OS. The van der Waals surface area contributed by atoms with Crippen molar-refractivity contribution in [1.82, 2.24) is 19.6 Å². The lowest BCUT2D eigenvalue weighted by atomic mass is 10.3. The lowest BCUT2D eigenvalue weighted by Gasteiger charge is -1.98. The van der Waals surface area contributed by atoms with Crippen LogP contribution in [0.1, 0.15) is 34.7 Å². The van der Waals surface area contributed by atoms with Gasteiger partial charge < -0.3 is 0 Å². The first kappa shape index (κ1) is 11.3. The second kappa shape index (κ2) is 4.49. The van der Waals surface area contributed by atoms with Crippen LogP contribution in [0.3, 0.4) is 0 Å². The van der Waals surface area contributed by atoms with Gasteiger partial charge in [0.2, 0.25) is 5.13 Å². The molecule has 7 heteroatoms. The number of hydrogen-bond donors (Lipinski definition) is 2. The molecule has 0 atom stereocenters. The molecule has 1 fully saturated rings. The summed E-state index contributed by atoms with van der Waals surface area (Å²) in [4.78, 5) is 16.2. The average Bonchev–Trinajstić information content (AvgIpc) is 2.85. The highest BCUT2D eigenvalue weighted by atomic mass is 32.1. The summed E-state index contributed by atoms with van der Waals surface area (Å²) in [6, 6.07) is 0. The number of H-pyrrole nitrogens is 1. The quantitative estimate of drug-likeness (QED) is 0.880. The number of aromatic nitrogens is 4. The third kappa shape index (κ3) is 2.40. The van der Waals surface area contributed by atoms with E-state index in [9.17, 15) is 4.79 Å². The van der Waals surface area contributed by atoms with E-state index < -0.39 is 0 Å². The van der Waals surface area contributed by atoms with Crippen LogP contribution in [0.5, 0.6) is 0 Å². The van der Waals surface area contributed by atoms with Crippen molar-refractivity contribution in [3.05, 3.63) is 23.3 Å². The highest BCUT2D eigenvalue weighted by Gasteiger charge is 2.23. The monoisotopic (exact) mass is 263 g/mol. The molecule has 1 aliphatic carbocycles. The lowest BCUT2D eigenvalue weighted by molar-refractivity contribution is 0.102. The van der Waals surface area contributed by atoms with E-state index in [4.69, 9.17) is 0 Å². The molecule has 0 radical (unpaired) electrons. The summed E-state index contributed by atoms with van der Waals surface area (Å²) >= 11 is 1.22. The standard InChI is InChI=1S/C11H13N5OS/c1-6-5-12-15-9(6)10(17)14-11-13-8(16-18-11)4-7-2-3-7/h5,7H,2-4H2,1H3,(H,12,15)(H,13,14,16,17). The minimum atomic E-state index is -0.223. The molecule has 0 bridgehead atoms. The summed E-state index contributed by atoms with van der Waals surface area (Å²) in [7, 11) is 0. The van der Waals surface area contributed by atoms with Gasteiger partial charge in [0.25, 0.3) is 5.91 Å². The summed E-state index contributed by atoms with van der Waals surface area (Å²) < 4.78 is 4.24. The van der Waals surface area contributed by atoms with Crippen LogP contribution in [0.4, 0.5) is 5.13 Å². The fourth-order valence-corrected chi connectivity index (χ4v) is 2.30. The molecule has 2 aromatic rings. The number of hydrogen-bond acceptors (Lipinski definition) is 5. The molecule has 1 aliphatic rings. The minimum absolute atomic E-state index is 0.223. The van der Waals surface area contributed by atoms with Crippen molar-refractivity contribution in [1.29, 1.82) is 0 Å². The maximum Gasteiger partial charge on any atom is 0.275 e. The van der Waals surface area contributed by atoms with Gasteiger partial charge in [-0.15, -0.1) is 0 Å². The highest BCUT2D eigenvalue weighted by molar-refractivity contribution is 7.09. The fraction of sp³-hybridized carbons (Fsp3) is 0.455. The Morgan fingerprint density at radius 3 is 3.11 bits per heavy atom. The van der Waals surface area contributed by atoms with Crippen molar-refractivity contribution in [3.63, 3.8) is 0 Å². The van der Waals surface area contributed by atoms with E-state index in [1.54, 1.807) is 6.20 Å². The van der Waals surface area contributed by atoms with E-state index in [0.29, 0.717) is 10.8 Å². The van der Waals surface area contributed by atoms with Crippen molar-refractivity contribution in [2.75, 3.05) is 5.32 Å². The Labute approximate surface area is 108 Å². The fourth-order valence-electron chi connectivity index (χ4n) is 1.70. The van der Waals surface area contributed by atoms with Gasteiger partial charge in [-0.2, -0.15) is 9.47 Å². The van der Waals surface area contributed by atoms with Gasteiger partial charge in [-0.05, 0) is 31.2 Å². The number of carbonyl (C=O) groups is 1. The molecule has 0 saturated heterocycles. The van der Waals surface area contributed by atoms with E-state index in [-0.39, 0.29) is 5.91 Å². The molecule has 6 nitrogen and oxygen atoms in total. The molecule has 2 N–H and O–H groups in total. The van der Waals surface area contributed by atoms with E-state index in [0.717, 1.165) is 23.7 Å². The number of nitrogens with zero attached hydrogens (tertiary/aromatic N) is 3. The third-order valence-corrected chi connectivity index (χ3v) is 3.58. The molecule has 0 aromatic carbocycles. The molecule has 0 spiro atoms. The second-order valence-corrected chi connectivity index (χ2v) is 5.30. The van der Waals surface area contributed by atoms with Gasteiger partial charge in [0, 0.05) is 18.0 Å².